The van der Waals surface area contributed by atoms with Gasteiger partial charge in [-0.3, -0.25) is 19.3 Å². The van der Waals surface area contributed by atoms with Gasteiger partial charge < -0.3 is 28.8 Å². The predicted molar refractivity (Wildman–Crippen MR) is 77.0 cm³/mol. The van der Waals surface area contributed by atoms with Gasteiger partial charge in [-0.2, -0.15) is 0 Å². The zero-order chi connectivity index (χ0) is 17.6. The molecule has 0 aliphatic heterocycles. The molecular formula is C15H21O6Sc. The number of carbonyl (C=O) groups excluding carboxylic acids is 6. The summed E-state index contributed by atoms with van der Waals surface area (Å²) in [5, 5.41) is 0. The SMILES string of the molecule is CC(=O)[CH-]C(C)=O.CC(=O)[CH-]C(C)=O.CC(=O)[CH-]C(C)=O.[Sc+3]. The maximum absolute atomic E-state index is 9.98. The van der Waals surface area contributed by atoms with E-state index in [1.807, 2.05) is 0 Å². The first-order chi connectivity index (χ1) is 9.38. The van der Waals surface area contributed by atoms with Crippen LogP contribution in [-0.2, 0) is 54.6 Å². The van der Waals surface area contributed by atoms with E-state index in [1.165, 1.54) is 41.5 Å². The van der Waals surface area contributed by atoms with Crippen LogP contribution < -0.4 is 0 Å². The van der Waals surface area contributed by atoms with Gasteiger partial charge in [-0.1, -0.05) is 0 Å². The fraction of sp³-hybridized carbons (Fsp3) is 0.400. The fourth-order valence-corrected chi connectivity index (χ4v) is 0.859. The summed E-state index contributed by atoms with van der Waals surface area (Å²) >= 11 is 0. The van der Waals surface area contributed by atoms with Gasteiger partial charge in [0.2, 0.25) is 0 Å². The van der Waals surface area contributed by atoms with E-state index in [2.05, 4.69) is 0 Å². The van der Waals surface area contributed by atoms with Crippen molar-refractivity contribution in [2.45, 2.75) is 41.5 Å². The summed E-state index contributed by atoms with van der Waals surface area (Å²) in [6.07, 6.45) is 3.17. The fourth-order valence-electron chi connectivity index (χ4n) is 0.859. The van der Waals surface area contributed by atoms with Crippen molar-refractivity contribution in [1.82, 2.24) is 0 Å². The molecule has 6 nitrogen and oxygen atoms in total. The topological polar surface area (TPSA) is 102 Å². The van der Waals surface area contributed by atoms with Gasteiger partial charge in [0.05, 0.1) is 0 Å². The smallest absolute Gasteiger partial charge is 0.334 e. The summed E-state index contributed by atoms with van der Waals surface area (Å²) in [5.41, 5.74) is 0. The van der Waals surface area contributed by atoms with E-state index in [1.54, 1.807) is 0 Å². The molecule has 0 heterocycles. The van der Waals surface area contributed by atoms with E-state index >= 15 is 0 Å². The van der Waals surface area contributed by atoms with E-state index in [-0.39, 0.29) is 60.5 Å². The molecule has 0 aromatic carbocycles. The van der Waals surface area contributed by atoms with Gasteiger partial charge in [-0.25, -0.2) is 0 Å². The summed E-state index contributed by atoms with van der Waals surface area (Å²) in [6, 6.07) is 0. The van der Waals surface area contributed by atoms with Crippen LogP contribution in [0.5, 0.6) is 0 Å². The second-order valence-electron chi connectivity index (χ2n) is 4.10. The number of hydrogen-bond donors (Lipinski definition) is 0. The van der Waals surface area contributed by atoms with Crippen molar-refractivity contribution in [1.29, 1.82) is 0 Å². The zero-order valence-corrected chi connectivity index (χ0v) is 15.6. The summed E-state index contributed by atoms with van der Waals surface area (Å²) in [7, 11) is 0. The molecule has 0 rings (SSSR count). The van der Waals surface area contributed by atoms with Crippen LogP contribution in [-0.4, -0.2) is 34.7 Å². The number of rotatable bonds is 6. The molecule has 0 radical (unpaired) electrons. The van der Waals surface area contributed by atoms with Crippen LogP contribution in [0.25, 0.3) is 0 Å². The third-order valence-corrected chi connectivity index (χ3v) is 1.22. The molecule has 0 N–H and O–H groups in total. The predicted octanol–water partition coefficient (Wildman–Crippen LogP) is 1.10. The Bertz CT molecular complexity index is 314. The van der Waals surface area contributed by atoms with Crippen LogP contribution in [0.2, 0.25) is 0 Å². The van der Waals surface area contributed by atoms with E-state index in [0.717, 1.165) is 19.3 Å². The quantitative estimate of drug-likeness (QED) is 0.529. The average Bonchev–Trinajstić information content (AvgIpc) is 2.10. The molecule has 0 aromatic rings. The number of ketones is 6. The van der Waals surface area contributed by atoms with Crippen LogP contribution in [0.3, 0.4) is 0 Å². The molecular weight excluding hydrogens is 321 g/mol. The third-order valence-electron chi connectivity index (χ3n) is 1.22. The van der Waals surface area contributed by atoms with Crippen molar-refractivity contribution < 1.29 is 54.6 Å². The summed E-state index contributed by atoms with van der Waals surface area (Å²) in [5.74, 6) is -1.12. The van der Waals surface area contributed by atoms with Crippen molar-refractivity contribution in [2.75, 3.05) is 0 Å². The maximum Gasteiger partial charge on any atom is 3.00 e. The van der Waals surface area contributed by atoms with Crippen LogP contribution in [0.15, 0.2) is 0 Å². The summed E-state index contributed by atoms with van der Waals surface area (Å²) in [6.45, 7) is 8.09. The van der Waals surface area contributed by atoms with Crippen LogP contribution >= 0.6 is 0 Å². The Hall–Kier alpha value is -1.50. The summed E-state index contributed by atoms with van der Waals surface area (Å²) < 4.78 is 0. The molecule has 22 heavy (non-hydrogen) atoms. The first-order valence-electron chi connectivity index (χ1n) is 5.96. The van der Waals surface area contributed by atoms with Gasteiger partial charge in [0.15, 0.2) is 0 Å². The number of hydrogen-bond acceptors (Lipinski definition) is 6. The Labute approximate surface area is 150 Å². The van der Waals surface area contributed by atoms with Crippen LogP contribution in [0.1, 0.15) is 41.5 Å². The molecule has 0 aliphatic carbocycles. The molecule has 0 spiro atoms. The molecule has 0 bridgehead atoms. The van der Waals surface area contributed by atoms with E-state index in [9.17, 15) is 28.8 Å². The number of carbonyl (C=O) groups is 6. The molecule has 0 saturated heterocycles. The molecule has 0 aromatic heterocycles. The Kier molecular flexibility index (Phi) is 22.8. The van der Waals surface area contributed by atoms with Crippen molar-refractivity contribution in [2.24, 2.45) is 0 Å². The monoisotopic (exact) mass is 342 g/mol. The first-order valence-corrected chi connectivity index (χ1v) is 5.96. The molecule has 120 valence electrons. The molecule has 0 unspecified atom stereocenters. The standard InChI is InChI=1S/3C5H7O2.Sc/c3*1-4(6)3-5(2)7;/h3*3H,1-2H3;/q3*-1;+3. The molecule has 7 heteroatoms. The van der Waals surface area contributed by atoms with Gasteiger partial charge in [-0.05, 0) is 41.5 Å². The van der Waals surface area contributed by atoms with Gasteiger partial charge in [0.25, 0.3) is 0 Å². The molecule has 0 atom stereocenters. The third kappa shape index (κ3) is 51.4. The van der Waals surface area contributed by atoms with Crippen molar-refractivity contribution in [3.8, 4) is 0 Å². The normalized spacial score (nSPS) is 7.36. The van der Waals surface area contributed by atoms with Gasteiger partial charge in [0, 0.05) is 34.7 Å². The first kappa shape index (κ1) is 28.6. The average molecular weight is 342 g/mol. The van der Waals surface area contributed by atoms with Crippen molar-refractivity contribution in [3.05, 3.63) is 19.3 Å². The number of Topliss-reactive ketones (excluding diaryl/α,β-unsaturated/α-hetero) is 6. The van der Waals surface area contributed by atoms with Gasteiger partial charge in [-0.15, -0.1) is 0 Å². The Morgan fingerprint density at radius 1 is 0.409 bits per heavy atom. The van der Waals surface area contributed by atoms with Gasteiger partial charge >= 0.3 is 25.8 Å². The zero-order valence-electron chi connectivity index (χ0n) is 13.8. The van der Waals surface area contributed by atoms with E-state index in [0.29, 0.717) is 0 Å². The minimum absolute atomic E-state index is 0. The van der Waals surface area contributed by atoms with Crippen molar-refractivity contribution in [3.63, 3.8) is 0 Å². The van der Waals surface area contributed by atoms with E-state index < -0.39 is 0 Å². The van der Waals surface area contributed by atoms with Crippen LogP contribution in [0, 0.1) is 19.3 Å². The minimum atomic E-state index is -0.187. The molecule has 0 saturated carbocycles. The Morgan fingerprint density at radius 2 is 0.500 bits per heavy atom. The summed E-state index contributed by atoms with van der Waals surface area (Å²) in [4.78, 5) is 59.9. The molecule has 0 fully saturated rings. The van der Waals surface area contributed by atoms with Crippen LogP contribution in [0.4, 0.5) is 0 Å². The molecule has 0 amide bonds. The largest absolute Gasteiger partial charge is 3.00 e. The molecule has 0 aliphatic rings. The second kappa shape index (κ2) is 17.6. The second-order valence-corrected chi connectivity index (χ2v) is 4.10. The Morgan fingerprint density at radius 3 is 0.500 bits per heavy atom. The van der Waals surface area contributed by atoms with Gasteiger partial charge in [0.1, 0.15) is 0 Å². The van der Waals surface area contributed by atoms with E-state index in [4.69, 9.17) is 0 Å². The Balaban J connectivity index is -0.000000108. The maximum atomic E-state index is 9.98. The van der Waals surface area contributed by atoms with Crippen molar-refractivity contribution >= 4 is 34.7 Å². The minimum Gasteiger partial charge on any atom is -0.334 e.